The number of carbonyl (C=O) groups is 4. The molecule has 0 fully saturated rings. The summed E-state index contributed by atoms with van der Waals surface area (Å²) in [6.07, 6.45) is -0.226. The first-order chi connectivity index (χ1) is 16.5. The van der Waals surface area contributed by atoms with E-state index >= 15 is 0 Å². The van der Waals surface area contributed by atoms with E-state index in [1.165, 1.54) is 49.4 Å². The van der Waals surface area contributed by atoms with Crippen LogP contribution in [0.2, 0.25) is 0 Å². The van der Waals surface area contributed by atoms with Crippen LogP contribution in [0.1, 0.15) is 49.1 Å². The van der Waals surface area contributed by atoms with Crippen molar-refractivity contribution < 1.29 is 32.3 Å². The normalized spacial score (nSPS) is 13.3. The maximum Gasteiger partial charge on any atom is 0.338 e. The van der Waals surface area contributed by atoms with Gasteiger partial charge in [-0.2, -0.15) is 0 Å². The van der Waals surface area contributed by atoms with Gasteiger partial charge < -0.3 is 10.1 Å². The van der Waals surface area contributed by atoms with E-state index in [9.17, 15) is 27.6 Å². The van der Waals surface area contributed by atoms with E-state index in [0.29, 0.717) is 11.1 Å². The summed E-state index contributed by atoms with van der Waals surface area (Å²) in [4.78, 5) is 50.7. The first-order valence-corrected chi connectivity index (χ1v) is 12.3. The summed E-state index contributed by atoms with van der Waals surface area (Å²) < 4.78 is 30.2. The molecule has 0 saturated carbocycles. The molecule has 1 aliphatic carbocycles. The van der Waals surface area contributed by atoms with Gasteiger partial charge in [0, 0.05) is 33.6 Å². The Morgan fingerprint density at radius 2 is 1.43 bits per heavy atom. The van der Waals surface area contributed by atoms with E-state index in [4.69, 9.17) is 4.74 Å². The fraction of sp³-hybridized carbons (Fsp3) is 0.120. The molecule has 1 aliphatic rings. The van der Waals surface area contributed by atoms with Gasteiger partial charge in [0.15, 0.2) is 17.7 Å². The van der Waals surface area contributed by atoms with Crippen molar-refractivity contribution >= 4 is 44.8 Å². The van der Waals surface area contributed by atoms with E-state index in [-0.39, 0.29) is 39.6 Å². The Labute approximate surface area is 201 Å². The van der Waals surface area contributed by atoms with Gasteiger partial charge in [0.1, 0.15) is 0 Å². The second-order valence-corrected chi connectivity index (χ2v) is 9.70. The van der Waals surface area contributed by atoms with E-state index in [0.717, 1.165) is 6.26 Å². The average molecular weight is 493 g/mol. The molecule has 1 unspecified atom stereocenters. The van der Waals surface area contributed by atoms with Crippen molar-refractivity contribution in [2.24, 2.45) is 0 Å². The highest BCUT2D eigenvalue weighted by Crippen LogP contribution is 2.29. The zero-order valence-electron chi connectivity index (χ0n) is 18.7. The number of anilines is 2. The fourth-order valence-electron chi connectivity index (χ4n) is 3.63. The van der Waals surface area contributed by atoms with Crippen LogP contribution in [0, 0.1) is 0 Å². The van der Waals surface area contributed by atoms with Crippen LogP contribution in [-0.2, 0) is 19.6 Å². The molecule has 0 spiro atoms. The minimum atomic E-state index is -3.53. The molecular weight excluding hydrogens is 472 g/mol. The molecular formula is C25H20N2O7S. The monoisotopic (exact) mass is 492 g/mol. The Balaban J connectivity index is 1.46. The van der Waals surface area contributed by atoms with Crippen LogP contribution >= 0.6 is 0 Å². The lowest BCUT2D eigenvalue weighted by Gasteiger charge is -2.19. The number of hydrogen-bond donors (Lipinski definition) is 2. The van der Waals surface area contributed by atoms with Crippen LogP contribution in [0.5, 0.6) is 0 Å². The smallest absolute Gasteiger partial charge is 0.338 e. The molecule has 0 heterocycles. The highest BCUT2D eigenvalue weighted by atomic mass is 32.2. The Bertz CT molecular complexity index is 1500. The highest BCUT2D eigenvalue weighted by molar-refractivity contribution is 7.92. The topological polar surface area (TPSA) is 136 Å². The number of ketones is 2. The molecule has 9 nitrogen and oxygen atoms in total. The van der Waals surface area contributed by atoms with Gasteiger partial charge in [0.2, 0.25) is 10.0 Å². The van der Waals surface area contributed by atoms with Gasteiger partial charge in [-0.25, -0.2) is 13.2 Å². The first-order valence-electron chi connectivity index (χ1n) is 10.5. The molecule has 0 aromatic heterocycles. The number of amides is 1. The third-order valence-corrected chi connectivity index (χ3v) is 5.85. The molecule has 3 aromatic rings. The van der Waals surface area contributed by atoms with Crippen molar-refractivity contribution in [1.82, 2.24) is 0 Å². The lowest BCUT2D eigenvalue weighted by molar-refractivity contribution is -0.123. The minimum absolute atomic E-state index is 0.0508. The van der Waals surface area contributed by atoms with Crippen molar-refractivity contribution in [3.63, 3.8) is 0 Å². The summed E-state index contributed by atoms with van der Waals surface area (Å²) in [7, 11) is -3.53. The molecule has 1 amide bonds. The van der Waals surface area contributed by atoms with Crippen LogP contribution in [-0.4, -0.2) is 44.2 Å². The SMILES string of the molecule is CC(OC(=O)c1cccc(NS(C)(=O)=O)c1)C(=O)Nc1ccc2c(c1)C(=O)c1ccccc1C2=O. The number of benzene rings is 3. The molecule has 2 N–H and O–H groups in total. The van der Waals surface area contributed by atoms with Gasteiger partial charge in [-0.3, -0.25) is 19.1 Å². The van der Waals surface area contributed by atoms with Gasteiger partial charge in [0.25, 0.3) is 5.91 Å². The lowest BCUT2D eigenvalue weighted by atomic mass is 9.84. The molecule has 3 aromatic carbocycles. The molecule has 178 valence electrons. The van der Waals surface area contributed by atoms with Gasteiger partial charge in [-0.05, 0) is 43.3 Å². The third kappa shape index (κ3) is 5.12. The van der Waals surface area contributed by atoms with E-state index < -0.39 is 28.0 Å². The minimum Gasteiger partial charge on any atom is -0.449 e. The van der Waals surface area contributed by atoms with Crippen LogP contribution in [0.15, 0.2) is 66.7 Å². The van der Waals surface area contributed by atoms with Crippen LogP contribution in [0.3, 0.4) is 0 Å². The Morgan fingerprint density at radius 1 is 0.800 bits per heavy atom. The van der Waals surface area contributed by atoms with Gasteiger partial charge >= 0.3 is 5.97 Å². The molecule has 1 atom stereocenters. The number of hydrogen-bond acceptors (Lipinski definition) is 7. The predicted octanol–water partition coefficient (Wildman–Crippen LogP) is 3.02. The summed E-state index contributed by atoms with van der Waals surface area (Å²) in [5.41, 5.74) is 1.53. The maximum atomic E-state index is 12.9. The zero-order chi connectivity index (χ0) is 25.3. The summed E-state index contributed by atoms with van der Waals surface area (Å²) in [6.45, 7) is 1.37. The zero-order valence-corrected chi connectivity index (χ0v) is 19.5. The second kappa shape index (κ2) is 9.15. The van der Waals surface area contributed by atoms with Gasteiger partial charge in [0.05, 0.1) is 11.8 Å². The highest BCUT2D eigenvalue weighted by Gasteiger charge is 2.30. The van der Waals surface area contributed by atoms with Crippen molar-refractivity contribution in [2.45, 2.75) is 13.0 Å². The van der Waals surface area contributed by atoms with Crippen LogP contribution in [0.25, 0.3) is 0 Å². The predicted molar refractivity (Wildman–Crippen MR) is 128 cm³/mol. The van der Waals surface area contributed by atoms with E-state index in [1.807, 2.05) is 0 Å². The Kier molecular flexibility index (Phi) is 6.23. The largest absolute Gasteiger partial charge is 0.449 e. The number of carbonyl (C=O) groups excluding carboxylic acids is 4. The number of esters is 1. The number of sulfonamides is 1. The average Bonchev–Trinajstić information content (AvgIpc) is 2.81. The summed E-state index contributed by atoms with van der Waals surface area (Å²) in [6, 6.07) is 16.5. The van der Waals surface area contributed by atoms with Gasteiger partial charge in [-0.15, -0.1) is 0 Å². The van der Waals surface area contributed by atoms with Crippen molar-refractivity contribution in [1.29, 1.82) is 0 Å². The fourth-order valence-corrected chi connectivity index (χ4v) is 4.18. The Hall–Kier alpha value is -4.31. The van der Waals surface area contributed by atoms with Gasteiger partial charge in [-0.1, -0.05) is 30.3 Å². The summed E-state index contributed by atoms with van der Waals surface area (Å²) >= 11 is 0. The summed E-state index contributed by atoms with van der Waals surface area (Å²) in [5, 5.41) is 2.58. The number of fused-ring (bicyclic) bond motifs is 2. The molecule has 0 bridgehead atoms. The lowest BCUT2D eigenvalue weighted by Crippen LogP contribution is -2.30. The van der Waals surface area contributed by atoms with Crippen LogP contribution < -0.4 is 10.0 Å². The van der Waals surface area contributed by atoms with Crippen LogP contribution in [0.4, 0.5) is 11.4 Å². The maximum absolute atomic E-state index is 12.9. The van der Waals surface area contributed by atoms with E-state index in [1.54, 1.807) is 24.3 Å². The molecule has 35 heavy (non-hydrogen) atoms. The number of ether oxygens (including phenoxy) is 1. The second-order valence-electron chi connectivity index (χ2n) is 7.96. The molecule has 0 aliphatic heterocycles. The molecule has 4 rings (SSSR count). The molecule has 0 radical (unpaired) electrons. The summed E-state index contributed by atoms with van der Waals surface area (Å²) in [5.74, 6) is -2.08. The first kappa shape index (κ1) is 23.8. The number of nitrogens with one attached hydrogen (secondary N) is 2. The Morgan fingerprint density at radius 3 is 2.09 bits per heavy atom. The number of rotatable bonds is 6. The van der Waals surface area contributed by atoms with Crippen molar-refractivity contribution in [3.05, 3.63) is 94.5 Å². The molecule has 0 saturated heterocycles. The van der Waals surface area contributed by atoms with Crippen molar-refractivity contribution in [2.75, 3.05) is 16.3 Å². The van der Waals surface area contributed by atoms with E-state index in [2.05, 4.69) is 10.0 Å². The molecule has 10 heteroatoms. The standard InChI is InChI=1S/C25H20N2O7S/c1-14(34-25(31)15-6-5-7-17(12-15)27-35(2,32)33)24(30)26-16-10-11-20-21(13-16)23(29)19-9-4-3-8-18(19)22(20)28/h3-14,27H,1-2H3,(H,26,30). The third-order valence-electron chi connectivity index (χ3n) is 5.25. The van der Waals surface area contributed by atoms with Crippen molar-refractivity contribution in [3.8, 4) is 0 Å². The quantitative estimate of drug-likeness (QED) is 0.395.